The molecule has 3 heterocycles. The second-order valence-corrected chi connectivity index (χ2v) is 10.7. The van der Waals surface area contributed by atoms with Gasteiger partial charge < -0.3 is 14.7 Å². The number of piperazine rings is 1. The van der Waals surface area contributed by atoms with Crippen molar-refractivity contribution in [1.29, 1.82) is 0 Å². The molecule has 0 radical (unpaired) electrons. The molecule has 1 atom stereocenters. The minimum atomic E-state index is -0.614. The number of anilines is 1. The van der Waals surface area contributed by atoms with Gasteiger partial charge in [0.2, 0.25) is 0 Å². The minimum absolute atomic E-state index is 0.614. The van der Waals surface area contributed by atoms with Crippen LogP contribution in [0, 0.1) is 0 Å². The second-order valence-electron chi connectivity index (χ2n) is 10.7. The van der Waals surface area contributed by atoms with Crippen LogP contribution in [0.4, 0.5) is 5.69 Å². The van der Waals surface area contributed by atoms with Gasteiger partial charge in [0.25, 0.3) is 0 Å². The number of piperidine rings is 1. The zero-order valence-electron chi connectivity index (χ0n) is 21.2. The van der Waals surface area contributed by atoms with E-state index in [9.17, 15) is 5.11 Å². The summed E-state index contributed by atoms with van der Waals surface area (Å²) in [4.78, 5) is 9.80. The Hall–Kier alpha value is -2.12. The lowest BCUT2D eigenvalue weighted by Gasteiger charge is -2.39. The average molecular weight is 479 g/mol. The fourth-order valence-corrected chi connectivity index (χ4v) is 5.89. The molecule has 3 fully saturated rings. The molecule has 1 N–H and O–H groups in total. The topological polar surface area (TPSA) is 42.4 Å². The molecule has 2 aromatic carbocycles. The quantitative estimate of drug-likeness (QED) is 0.597. The van der Waals surface area contributed by atoms with Crippen LogP contribution in [0.2, 0.25) is 0 Å². The molecule has 0 amide bonds. The number of β-amino-alcohol motifs (C(OH)–C–C–N with tert-alkyl or cyclic N) is 1. The number of nitrogens with zero attached hydrogens (tertiary/aromatic N) is 4. The summed E-state index contributed by atoms with van der Waals surface area (Å²) in [6, 6.07) is 19.2. The minimum Gasteiger partial charge on any atom is -0.492 e. The molecule has 0 saturated carbocycles. The van der Waals surface area contributed by atoms with Crippen molar-refractivity contribution in [2.75, 3.05) is 77.0 Å². The van der Waals surface area contributed by atoms with Crippen molar-refractivity contribution < 1.29 is 9.84 Å². The van der Waals surface area contributed by atoms with Crippen LogP contribution >= 0.6 is 0 Å². The average Bonchev–Trinajstić information content (AvgIpc) is 3.25. The molecule has 2 aromatic rings. The molecule has 3 saturated heterocycles. The summed E-state index contributed by atoms with van der Waals surface area (Å²) in [5.74, 6) is 0.963. The van der Waals surface area contributed by atoms with Gasteiger partial charge in [-0.05, 0) is 62.2 Å². The van der Waals surface area contributed by atoms with Crippen molar-refractivity contribution in [3.05, 3.63) is 60.2 Å². The molecule has 190 valence electrons. The van der Waals surface area contributed by atoms with Crippen LogP contribution < -0.4 is 9.64 Å². The van der Waals surface area contributed by atoms with Crippen LogP contribution in [-0.4, -0.2) is 97.5 Å². The van der Waals surface area contributed by atoms with E-state index in [1.165, 1.54) is 43.6 Å². The number of para-hydroxylation sites is 1. The fraction of sp³-hybridized carbons (Fsp3) is 0.586. The molecule has 6 nitrogen and oxygen atoms in total. The molecule has 0 bridgehead atoms. The highest BCUT2D eigenvalue weighted by Gasteiger charge is 2.38. The van der Waals surface area contributed by atoms with Gasteiger partial charge in [-0.1, -0.05) is 36.8 Å². The number of ether oxygens (including phenoxy) is 1. The number of benzene rings is 2. The van der Waals surface area contributed by atoms with Crippen LogP contribution in [0.25, 0.3) is 0 Å². The molecule has 3 aliphatic rings. The van der Waals surface area contributed by atoms with Crippen molar-refractivity contribution in [3.63, 3.8) is 0 Å². The molecular formula is C29H42N4O2. The Bertz CT molecular complexity index is 912. The Morgan fingerprint density at radius 3 is 2.37 bits per heavy atom. The van der Waals surface area contributed by atoms with E-state index in [2.05, 4.69) is 74.2 Å². The number of aliphatic hydroxyl groups is 1. The SMILES string of the molecule is OC1(CN2CCN(c3ccccc3)CC2)CCN(Cc2cccc(OCCN3CCCCC3)c2)C1. The first-order valence-electron chi connectivity index (χ1n) is 13.6. The molecule has 0 aromatic heterocycles. The highest BCUT2D eigenvalue weighted by Crippen LogP contribution is 2.26. The summed E-state index contributed by atoms with van der Waals surface area (Å²) in [7, 11) is 0. The van der Waals surface area contributed by atoms with Gasteiger partial charge in [-0.3, -0.25) is 14.7 Å². The molecule has 6 heteroatoms. The first-order valence-corrected chi connectivity index (χ1v) is 13.6. The standard InChI is InChI=1S/C29H42N4O2/c34-29(24-31-16-18-33(19-17-31)27-9-3-1-4-10-27)12-15-32(25-29)23-26-8-7-11-28(22-26)35-21-20-30-13-5-2-6-14-30/h1,3-4,7-11,22,34H,2,5-6,12-21,23-25H2. The van der Waals surface area contributed by atoms with Crippen molar-refractivity contribution >= 4 is 5.69 Å². The number of likely N-dealkylation sites (tertiary alicyclic amines) is 2. The monoisotopic (exact) mass is 478 g/mol. The maximum Gasteiger partial charge on any atom is 0.119 e. The summed E-state index contributed by atoms with van der Waals surface area (Å²) in [6.07, 6.45) is 4.86. The molecule has 0 spiro atoms. The Morgan fingerprint density at radius 2 is 1.57 bits per heavy atom. The highest BCUT2D eigenvalue weighted by molar-refractivity contribution is 5.46. The smallest absolute Gasteiger partial charge is 0.119 e. The molecule has 5 rings (SSSR count). The third-order valence-corrected chi connectivity index (χ3v) is 7.85. The number of hydrogen-bond acceptors (Lipinski definition) is 6. The summed E-state index contributed by atoms with van der Waals surface area (Å²) in [6.45, 7) is 11.6. The molecule has 3 aliphatic heterocycles. The van der Waals surface area contributed by atoms with Gasteiger partial charge in [0, 0.05) is 64.6 Å². The zero-order valence-corrected chi connectivity index (χ0v) is 21.2. The van der Waals surface area contributed by atoms with Crippen LogP contribution in [0.3, 0.4) is 0 Å². The summed E-state index contributed by atoms with van der Waals surface area (Å²) >= 11 is 0. The van der Waals surface area contributed by atoms with E-state index in [0.29, 0.717) is 0 Å². The van der Waals surface area contributed by atoms with Crippen LogP contribution in [-0.2, 0) is 6.54 Å². The number of hydrogen-bond donors (Lipinski definition) is 1. The Labute approximate surface area is 211 Å². The molecular weight excluding hydrogens is 436 g/mol. The maximum atomic E-state index is 11.3. The van der Waals surface area contributed by atoms with Gasteiger partial charge in [-0.2, -0.15) is 0 Å². The van der Waals surface area contributed by atoms with Crippen molar-refractivity contribution in [3.8, 4) is 5.75 Å². The third-order valence-electron chi connectivity index (χ3n) is 7.85. The van der Waals surface area contributed by atoms with E-state index in [0.717, 1.165) is 77.7 Å². The van der Waals surface area contributed by atoms with Gasteiger partial charge in [-0.25, -0.2) is 0 Å². The summed E-state index contributed by atoms with van der Waals surface area (Å²) in [5, 5.41) is 11.3. The van der Waals surface area contributed by atoms with Crippen molar-refractivity contribution in [2.45, 2.75) is 37.8 Å². The van der Waals surface area contributed by atoms with E-state index in [4.69, 9.17) is 4.74 Å². The van der Waals surface area contributed by atoms with Crippen LogP contribution in [0.1, 0.15) is 31.2 Å². The first kappa shape index (κ1) is 24.6. The van der Waals surface area contributed by atoms with Gasteiger partial charge >= 0.3 is 0 Å². The largest absolute Gasteiger partial charge is 0.492 e. The fourth-order valence-electron chi connectivity index (χ4n) is 5.89. The lowest BCUT2D eigenvalue weighted by Crippen LogP contribution is -2.52. The highest BCUT2D eigenvalue weighted by atomic mass is 16.5. The van der Waals surface area contributed by atoms with Gasteiger partial charge in [0.1, 0.15) is 12.4 Å². The van der Waals surface area contributed by atoms with Crippen LogP contribution in [0.15, 0.2) is 54.6 Å². The zero-order chi connectivity index (χ0) is 23.9. The third kappa shape index (κ3) is 6.98. The van der Waals surface area contributed by atoms with E-state index < -0.39 is 5.60 Å². The first-order chi connectivity index (χ1) is 17.2. The summed E-state index contributed by atoms with van der Waals surface area (Å²) in [5.41, 5.74) is 1.95. The molecule has 1 unspecified atom stereocenters. The lowest BCUT2D eigenvalue weighted by atomic mass is 10.0. The Morgan fingerprint density at radius 1 is 0.771 bits per heavy atom. The number of rotatable bonds is 9. The Balaban J connectivity index is 1.05. The van der Waals surface area contributed by atoms with E-state index in [1.54, 1.807) is 0 Å². The Kier molecular flexibility index (Phi) is 8.24. The van der Waals surface area contributed by atoms with Crippen molar-refractivity contribution in [1.82, 2.24) is 14.7 Å². The predicted molar refractivity (Wildman–Crippen MR) is 142 cm³/mol. The summed E-state index contributed by atoms with van der Waals surface area (Å²) < 4.78 is 6.08. The maximum absolute atomic E-state index is 11.3. The molecule has 0 aliphatic carbocycles. The predicted octanol–water partition coefficient (Wildman–Crippen LogP) is 3.31. The second kappa shape index (κ2) is 11.7. The van der Waals surface area contributed by atoms with Gasteiger partial charge in [0.05, 0.1) is 5.60 Å². The van der Waals surface area contributed by atoms with E-state index in [1.807, 2.05) is 0 Å². The lowest BCUT2D eigenvalue weighted by molar-refractivity contribution is 0.00978. The van der Waals surface area contributed by atoms with Crippen LogP contribution in [0.5, 0.6) is 5.75 Å². The van der Waals surface area contributed by atoms with E-state index >= 15 is 0 Å². The normalized spacial score (nSPS) is 24.7. The van der Waals surface area contributed by atoms with Gasteiger partial charge in [-0.15, -0.1) is 0 Å². The van der Waals surface area contributed by atoms with E-state index in [-0.39, 0.29) is 0 Å². The van der Waals surface area contributed by atoms with Gasteiger partial charge in [0.15, 0.2) is 0 Å². The molecule has 35 heavy (non-hydrogen) atoms. The van der Waals surface area contributed by atoms with Crippen molar-refractivity contribution in [2.24, 2.45) is 0 Å².